The van der Waals surface area contributed by atoms with E-state index in [0.717, 1.165) is 29.8 Å². The van der Waals surface area contributed by atoms with Crippen LogP contribution in [0.5, 0.6) is 5.75 Å². The molecule has 1 aromatic carbocycles. The van der Waals surface area contributed by atoms with Gasteiger partial charge in [0, 0.05) is 12.2 Å². The second-order valence-electron chi connectivity index (χ2n) is 7.08. The maximum Gasteiger partial charge on any atom is 0.322 e. The average Bonchev–Trinajstić information content (AvgIpc) is 2.91. The molecule has 1 unspecified atom stereocenters. The van der Waals surface area contributed by atoms with Crippen LogP contribution in [0.15, 0.2) is 18.2 Å². The molecular formula is C18H28N2O3. The Kier molecular flexibility index (Phi) is 5.19. The molecule has 1 aromatic rings. The van der Waals surface area contributed by atoms with Crippen molar-refractivity contribution in [3.63, 3.8) is 0 Å². The highest BCUT2D eigenvalue weighted by atomic mass is 16.5. The SMILES string of the molecule is Cc1cc(NC(=O)N2CCCC2C(C)(C)O)ccc1OC(C)C. The summed E-state index contributed by atoms with van der Waals surface area (Å²) in [5.74, 6) is 0.827. The van der Waals surface area contributed by atoms with Crippen molar-refractivity contribution in [3.05, 3.63) is 23.8 Å². The van der Waals surface area contributed by atoms with E-state index in [1.54, 1.807) is 18.7 Å². The summed E-state index contributed by atoms with van der Waals surface area (Å²) in [4.78, 5) is 14.2. The number of hydrogen-bond donors (Lipinski definition) is 2. The first-order valence-corrected chi connectivity index (χ1v) is 8.26. The Hall–Kier alpha value is -1.75. The molecule has 0 aromatic heterocycles. The van der Waals surface area contributed by atoms with E-state index in [1.165, 1.54) is 0 Å². The minimum absolute atomic E-state index is 0.117. The summed E-state index contributed by atoms with van der Waals surface area (Å²) in [6.07, 6.45) is 1.87. The molecule has 1 aliphatic rings. The first-order chi connectivity index (χ1) is 10.7. The molecule has 1 heterocycles. The van der Waals surface area contributed by atoms with Gasteiger partial charge in [-0.25, -0.2) is 4.79 Å². The molecule has 0 saturated carbocycles. The molecule has 1 fully saturated rings. The number of aliphatic hydroxyl groups is 1. The van der Waals surface area contributed by atoms with Crippen LogP contribution in [-0.4, -0.2) is 40.3 Å². The second kappa shape index (κ2) is 6.79. The third-order valence-corrected chi connectivity index (χ3v) is 4.12. The van der Waals surface area contributed by atoms with E-state index in [4.69, 9.17) is 4.74 Å². The molecule has 0 radical (unpaired) electrons. The molecule has 1 aliphatic heterocycles. The van der Waals surface area contributed by atoms with Gasteiger partial charge in [-0.1, -0.05) is 0 Å². The molecule has 2 rings (SSSR count). The first-order valence-electron chi connectivity index (χ1n) is 8.26. The quantitative estimate of drug-likeness (QED) is 0.892. The Labute approximate surface area is 138 Å². The normalized spacial score (nSPS) is 18.4. The van der Waals surface area contributed by atoms with E-state index in [1.807, 2.05) is 39.0 Å². The van der Waals surface area contributed by atoms with Crippen LogP contribution in [0, 0.1) is 6.92 Å². The van der Waals surface area contributed by atoms with Crippen molar-refractivity contribution in [3.8, 4) is 5.75 Å². The summed E-state index contributed by atoms with van der Waals surface area (Å²) in [6.45, 7) is 10.1. The van der Waals surface area contributed by atoms with Crippen molar-refractivity contribution in [2.45, 2.75) is 65.2 Å². The van der Waals surface area contributed by atoms with Crippen LogP contribution < -0.4 is 10.1 Å². The molecule has 1 atom stereocenters. The van der Waals surface area contributed by atoms with Crippen molar-refractivity contribution in [2.24, 2.45) is 0 Å². The summed E-state index contributed by atoms with van der Waals surface area (Å²) in [5, 5.41) is 13.2. The van der Waals surface area contributed by atoms with E-state index in [-0.39, 0.29) is 18.2 Å². The van der Waals surface area contributed by atoms with Gasteiger partial charge in [-0.15, -0.1) is 0 Å². The number of nitrogens with zero attached hydrogens (tertiary/aromatic N) is 1. The van der Waals surface area contributed by atoms with Gasteiger partial charge in [0.05, 0.1) is 17.7 Å². The maximum atomic E-state index is 12.5. The summed E-state index contributed by atoms with van der Waals surface area (Å²) >= 11 is 0. The molecule has 0 bridgehead atoms. The average molecular weight is 320 g/mol. The third kappa shape index (κ3) is 4.38. The molecule has 23 heavy (non-hydrogen) atoms. The lowest BCUT2D eigenvalue weighted by atomic mass is 9.97. The standard InChI is InChI=1S/C18H28N2O3/c1-12(2)23-15-9-8-14(11-13(15)3)19-17(21)20-10-6-7-16(20)18(4,5)22/h8-9,11-12,16,22H,6-7,10H2,1-5H3,(H,19,21). The number of benzene rings is 1. The van der Waals surface area contributed by atoms with Gasteiger partial charge in [0.25, 0.3) is 0 Å². The van der Waals surface area contributed by atoms with E-state index < -0.39 is 5.60 Å². The summed E-state index contributed by atoms with van der Waals surface area (Å²) in [5.41, 5.74) is 0.834. The number of hydrogen-bond acceptors (Lipinski definition) is 3. The Morgan fingerprint density at radius 2 is 2.13 bits per heavy atom. The lowest BCUT2D eigenvalue weighted by Gasteiger charge is -2.33. The molecule has 2 amide bonds. The molecule has 128 valence electrons. The number of rotatable bonds is 4. The second-order valence-corrected chi connectivity index (χ2v) is 7.08. The van der Waals surface area contributed by atoms with Crippen molar-refractivity contribution in [1.29, 1.82) is 0 Å². The highest BCUT2D eigenvalue weighted by Crippen LogP contribution is 2.28. The minimum atomic E-state index is -0.890. The van der Waals surface area contributed by atoms with Gasteiger partial charge < -0.3 is 20.1 Å². The fourth-order valence-corrected chi connectivity index (χ4v) is 3.05. The molecular weight excluding hydrogens is 292 g/mol. The zero-order valence-electron chi connectivity index (χ0n) is 14.7. The summed E-state index contributed by atoms with van der Waals surface area (Å²) in [6, 6.07) is 5.32. The number of amides is 2. The fraction of sp³-hybridized carbons (Fsp3) is 0.611. The zero-order chi connectivity index (χ0) is 17.2. The lowest BCUT2D eigenvalue weighted by molar-refractivity contribution is 0.0117. The Morgan fingerprint density at radius 1 is 1.43 bits per heavy atom. The summed E-state index contributed by atoms with van der Waals surface area (Å²) < 4.78 is 5.71. The van der Waals surface area contributed by atoms with E-state index >= 15 is 0 Å². The van der Waals surface area contributed by atoms with Gasteiger partial charge >= 0.3 is 6.03 Å². The van der Waals surface area contributed by atoms with Crippen LogP contribution in [0.4, 0.5) is 10.5 Å². The smallest absolute Gasteiger partial charge is 0.322 e. The highest BCUT2D eigenvalue weighted by Gasteiger charge is 2.38. The predicted molar refractivity (Wildman–Crippen MR) is 92.0 cm³/mol. The number of carbonyl (C=O) groups excluding carboxylic acids is 1. The van der Waals surface area contributed by atoms with Crippen molar-refractivity contribution >= 4 is 11.7 Å². The number of carbonyl (C=O) groups is 1. The maximum absolute atomic E-state index is 12.5. The number of likely N-dealkylation sites (tertiary alicyclic amines) is 1. The number of anilines is 1. The van der Waals surface area contributed by atoms with E-state index in [0.29, 0.717) is 6.54 Å². The van der Waals surface area contributed by atoms with E-state index in [9.17, 15) is 9.90 Å². The van der Waals surface area contributed by atoms with Crippen LogP contribution in [0.2, 0.25) is 0 Å². The topological polar surface area (TPSA) is 61.8 Å². The van der Waals surface area contributed by atoms with Crippen LogP contribution in [0.25, 0.3) is 0 Å². The van der Waals surface area contributed by atoms with Gasteiger partial charge in [0.2, 0.25) is 0 Å². The fourth-order valence-electron chi connectivity index (χ4n) is 3.05. The first kappa shape index (κ1) is 17.6. The van der Waals surface area contributed by atoms with Gasteiger partial charge in [-0.3, -0.25) is 0 Å². The Bertz CT molecular complexity index is 564. The highest BCUT2D eigenvalue weighted by molar-refractivity contribution is 5.90. The zero-order valence-corrected chi connectivity index (χ0v) is 14.7. The molecule has 5 nitrogen and oxygen atoms in total. The van der Waals surface area contributed by atoms with E-state index in [2.05, 4.69) is 5.32 Å². The Morgan fingerprint density at radius 3 is 2.70 bits per heavy atom. The molecule has 0 spiro atoms. The molecule has 1 saturated heterocycles. The Balaban J connectivity index is 2.07. The van der Waals surface area contributed by atoms with Gasteiger partial charge in [0.1, 0.15) is 5.75 Å². The number of aryl methyl sites for hydroxylation is 1. The third-order valence-electron chi connectivity index (χ3n) is 4.12. The monoisotopic (exact) mass is 320 g/mol. The van der Waals surface area contributed by atoms with Gasteiger partial charge in [0.15, 0.2) is 0 Å². The molecule has 0 aliphatic carbocycles. The molecule has 2 N–H and O–H groups in total. The lowest BCUT2D eigenvalue weighted by Crippen LogP contribution is -2.49. The van der Waals surface area contributed by atoms with Crippen LogP contribution in [0.1, 0.15) is 46.1 Å². The van der Waals surface area contributed by atoms with Crippen LogP contribution >= 0.6 is 0 Å². The predicted octanol–water partition coefficient (Wildman–Crippen LogP) is 3.55. The number of nitrogens with one attached hydrogen (secondary N) is 1. The van der Waals surface area contributed by atoms with Gasteiger partial charge in [-0.05, 0) is 71.2 Å². The van der Waals surface area contributed by atoms with Gasteiger partial charge in [-0.2, -0.15) is 0 Å². The largest absolute Gasteiger partial charge is 0.491 e. The summed E-state index contributed by atoms with van der Waals surface area (Å²) in [7, 11) is 0. The van der Waals surface area contributed by atoms with Crippen molar-refractivity contribution < 1.29 is 14.6 Å². The van der Waals surface area contributed by atoms with Crippen molar-refractivity contribution in [1.82, 2.24) is 4.90 Å². The van der Waals surface area contributed by atoms with Crippen molar-refractivity contribution in [2.75, 3.05) is 11.9 Å². The number of ether oxygens (including phenoxy) is 1. The van der Waals surface area contributed by atoms with Crippen LogP contribution in [0.3, 0.4) is 0 Å². The number of urea groups is 1. The molecule has 5 heteroatoms. The minimum Gasteiger partial charge on any atom is -0.491 e. The van der Waals surface area contributed by atoms with Crippen LogP contribution in [-0.2, 0) is 0 Å².